The number of pyridine rings is 1. The van der Waals surface area contributed by atoms with Crippen molar-refractivity contribution in [1.29, 1.82) is 0 Å². The van der Waals surface area contributed by atoms with E-state index in [2.05, 4.69) is 29.1 Å². The fourth-order valence-electron chi connectivity index (χ4n) is 5.33. The number of methoxy groups -OCH3 is 1. The first-order valence-electron chi connectivity index (χ1n) is 12.9. The highest BCUT2D eigenvalue weighted by Crippen LogP contribution is 2.35. The number of aryl methyl sites for hydroxylation is 2. The van der Waals surface area contributed by atoms with E-state index in [4.69, 9.17) is 19.2 Å². The zero-order valence-electron chi connectivity index (χ0n) is 22.2. The quantitative estimate of drug-likeness (QED) is 0.357. The fourth-order valence-corrected chi connectivity index (χ4v) is 5.33. The molecule has 4 aromatic rings. The molecule has 0 bridgehead atoms. The summed E-state index contributed by atoms with van der Waals surface area (Å²) < 4.78 is 18.6. The fraction of sp³-hybridized carbons (Fsp3) is 0.300. The van der Waals surface area contributed by atoms with Gasteiger partial charge in [-0.05, 0) is 59.9 Å². The number of rotatable bonds is 8. The molecule has 2 aliphatic heterocycles. The van der Waals surface area contributed by atoms with E-state index >= 15 is 0 Å². The minimum absolute atomic E-state index is 0.0296. The molecule has 2 aromatic heterocycles. The maximum Gasteiger partial charge on any atom is 0.342 e. The van der Waals surface area contributed by atoms with Crippen LogP contribution in [0.1, 0.15) is 38.2 Å². The van der Waals surface area contributed by atoms with Crippen LogP contribution in [0.3, 0.4) is 0 Å². The molecule has 0 radical (unpaired) electrons. The molecule has 0 spiro atoms. The first kappa shape index (κ1) is 25.1. The number of para-hydroxylation sites is 1. The molecule has 1 saturated heterocycles. The number of fused-ring (bicyclic) bond motifs is 1. The summed E-state index contributed by atoms with van der Waals surface area (Å²) in [5, 5.41) is 13.6. The second-order valence-corrected chi connectivity index (χ2v) is 10.1. The van der Waals surface area contributed by atoms with Crippen molar-refractivity contribution in [2.24, 2.45) is 0 Å². The zero-order valence-corrected chi connectivity index (χ0v) is 22.2. The van der Waals surface area contributed by atoms with Gasteiger partial charge in [-0.2, -0.15) is 9.78 Å². The van der Waals surface area contributed by atoms with Crippen molar-refractivity contribution in [3.8, 4) is 28.7 Å². The predicted molar refractivity (Wildman–Crippen MR) is 144 cm³/mol. The first-order chi connectivity index (χ1) is 18.9. The third-order valence-electron chi connectivity index (χ3n) is 7.47. The van der Waals surface area contributed by atoms with Gasteiger partial charge in [0.2, 0.25) is 5.88 Å². The van der Waals surface area contributed by atoms with Crippen molar-refractivity contribution in [3.05, 3.63) is 88.1 Å². The SMILES string of the molecule is COc1c(C(=O)O)cnn1-c1cccc(-c2cccc(C)c2OCc2cc(C)c3c(c2)CN(C2COC2)C3)n1. The second kappa shape index (κ2) is 10.2. The van der Waals surface area contributed by atoms with E-state index in [0.29, 0.717) is 24.2 Å². The van der Waals surface area contributed by atoms with Crippen LogP contribution in [-0.2, 0) is 24.4 Å². The van der Waals surface area contributed by atoms with E-state index in [1.54, 1.807) is 6.07 Å². The van der Waals surface area contributed by atoms with Gasteiger partial charge in [0.15, 0.2) is 5.82 Å². The van der Waals surface area contributed by atoms with Gasteiger partial charge < -0.3 is 19.3 Å². The van der Waals surface area contributed by atoms with Gasteiger partial charge in [0, 0.05) is 18.7 Å². The van der Waals surface area contributed by atoms with Crippen molar-refractivity contribution in [1.82, 2.24) is 19.7 Å². The second-order valence-electron chi connectivity index (χ2n) is 10.1. The van der Waals surface area contributed by atoms with Crippen LogP contribution in [0.15, 0.2) is 54.7 Å². The minimum Gasteiger partial charge on any atom is -0.488 e. The summed E-state index contributed by atoms with van der Waals surface area (Å²) in [4.78, 5) is 18.8. The summed E-state index contributed by atoms with van der Waals surface area (Å²) in [6.07, 6.45) is 1.26. The number of nitrogens with zero attached hydrogens (tertiary/aromatic N) is 4. The Morgan fingerprint density at radius 2 is 1.92 bits per heavy atom. The largest absolute Gasteiger partial charge is 0.488 e. The molecule has 4 heterocycles. The molecule has 200 valence electrons. The number of benzene rings is 2. The van der Waals surface area contributed by atoms with Crippen LogP contribution in [0.2, 0.25) is 0 Å². The summed E-state index contributed by atoms with van der Waals surface area (Å²) in [6.45, 7) is 8.21. The Hall–Kier alpha value is -4.21. The Balaban J connectivity index is 1.27. The summed E-state index contributed by atoms with van der Waals surface area (Å²) in [7, 11) is 1.41. The molecule has 6 rings (SSSR count). The van der Waals surface area contributed by atoms with Crippen molar-refractivity contribution in [2.45, 2.75) is 39.6 Å². The van der Waals surface area contributed by atoms with Crippen molar-refractivity contribution >= 4 is 5.97 Å². The zero-order chi connectivity index (χ0) is 27.1. The first-order valence-corrected chi connectivity index (χ1v) is 12.9. The van der Waals surface area contributed by atoms with E-state index in [-0.39, 0.29) is 11.4 Å². The molecular weight excluding hydrogens is 496 g/mol. The average Bonchev–Trinajstić information content (AvgIpc) is 3.51. The molecule has 2 aromatic carbocycles. The molecule has 0 atom stereocenters. The van der Waals surface area contributed by atoms with Gasteiger partial charge in [0.25, 0.3) is 0 Å². The van der Waals surface area contributed by atoms with E-state index in [9.17, 15) is 9.90 Å². The maximum absolute atomic E-state index is 11.6. The Labute approximate surface area is 226 Å². The number of hydrogen-bond donors (Lipinski definition) is 1. The van der Waals surface area contributed by atoms with Gasteiger partial charge >= 0.3 is 5.97 Å². The lowest BCUT2D eigenvalue weighted by Gasteiger charge is -2.34. The summed E-state index contributed by atoms with van der Waals surface area (Å²) >= 11 is 0. The topological polar surface area (TPSA) is 98.9 Å². The van der Waals surface area contributed by atoms with Crippen LogP contribution >= 0.6 is 0 Å². The molecule has 39 heavy (non-hydrogen) atoms. The Kier molecular flexibility index (Phi) is 6.54. The van der Waals surface area contributed by atoms with Crippen LogP contribution < -0.4 is 9.47 Å². The normalized spacial score (nSPS) is 15.2. The maximum atomic E-state index is 11.6. The van der Waals surface area contributed by atoms with E-state index in [0.717, 1.165) is 48.7 Å². The van der Waals surface area contributed by atoms with Gasteiger partial charge in [-0.15, -0.1) is 0 Å². The van der Waals surface area contributed by atoms with Gasteiger partial charge in [-0.3, -0.25) is 4.90 Å². The Bertz CT molecular complexity index is 1560. The third kappa shape index (κ3) is 4.64. The molecule has 0 aliphatic carbocycles. The monoisotopic (exact) mass is 526 g/mol. The molecule has 9 heteroatoms. The highest BCUT2D eigenvalue weighted by molar-refractivity contribution is 5.90. The predicted octanol–water partition coefficient (Wildman–Crippen LogP) is 4.55. The summed E-state index contributed by atoms with van der Waals surface area (Å²) in [6, 6.07) is 16.5. The lowest BCUT2D eigenvalue weighted by Crippen LogP contribution is -2.46. The summed E-state index contributed by atoms with van der Waals surface area (Å²) in [5.74, 6) is 0.200. The molecule has 1 fully saturated rings. The van der Waals surface area contributed by atoms with Crippen LogP contribution in [-0.4, -0.2) is 57.1 Å². The van der Waals surface area contributed by atoms with Crippen molar-refractivity contribution in [2.75, 3.05) is 20.3 Å². The standard InChI is InChI=1S/C30H30N4O5/c1-18-6-4-7-23(26-8-5-9-27(32-26)34-29(37-3)24(12-31-34)30(35)36)28(18)39-15-20-10-19(2)25-14-33(13-21(25)11-20)22-16-38-17-22/h4-12,22H,13-17H2,1-3H3,(H,35,36). The molecular formula is C30H30N4O5. The molecule has 9 nitrogen and oxygen atoms in total. The molecule has 1 N–H and O–H groups in total. The minimum atomic E-state index is -1.12. The molecule has 0 saturated carbocycles. The van der Waals surface area contributed by atoms with E-state index in [1.807, 2.05) is 37.3 Å². The van der Waals surface area contributed by atoms with Gasteiger partial charge in [-0.25, -0.2) is 9.78 Å². The molecule has 0 unspecified atom stereocenters. The van der Waals surface area contributed by atoms with Crippen LogP contribution in [0.25, 0.3) is 17.1 Å². The van der Waals surface area contributed by atoms with Gasteiger partial charge in [0.05, 0.1) is 38.3 Å². The molecule has 0 amide bonds. The molecule has 2 aliphatic rings. The average molecular weight is 527 g/mol. The highest BCUT2D eigenvalue weighted by Gasteiger charge is 2.31. The van der Waals surface area contributed by atoms with Crippen molar-refractivity contribution in [3.63, 3.8) is 0 Å². The van der Waals surface area contributed by atoms with Crippen LogP contribution in [0, 0.1) is 13.8 Å². The highest BCUT2D eigenvalue weighted by atomic mass is 16.5. The number of carboxylic acid groups (broad SMARTS) is 1. The summed E-state index contributed by atoms with van der Waals surface area (Å²) in [5.41, 5.74) is 7.71. The number of hydrogen-bond acceptors (Lipinski definition) is 7. The van der Waals surface area contributed by atoms with Gasteiger partial charge in [-0.1, -0.05) is 30.3 Å². The van der Waals surface area contributed by atoms with E-state index in [1.165, 1.54) is 34.7 Å². The number of carbonyl (C=O) groups is 1. The van der Waals surface area contributed by atoms with Crippen LogP contribution in [0.5, 0.6) is 11.6 Å². The van der Waals surface area contributed by atoms with E-state index < -0.39 is 5.97 Å². The number of carboxylic acids is 1. The Morgan fingerprint density at radius 1 is 1.10 bits per heavy atom. The number of aromatic carboxylic acids is 1. The lowest BCUT2D eigenvalue weighted by molar-refractivity contribution is -0.0670. The van der Waals surface area contributed by atoms with Crippen molar-refractivity contribution < 1.29 is 24.1 Å². The number of ether oxygens (including phenoxy) is 3. The third-order valence-corrected chi connectivity index (χ3v) is 7.47. The van der Waals surface area contributed by atoms with Gasteiger partial charge in [0.1, 0.15) is 17.9 Å². The Morgan fingerprint density at radius 3 is 2.67 bits per heavy atom. The lowest BCUT2D eigenvalue weighted by atomic mass is 10.0. The smallest absolute Gasteiger partial charge is 0.342 e. The van der Waals surface area contributed by atoms with Crippen LogP contribution in [0.4, 0.5) is 0 Å². The number of aromatic nitrogens is 3.